The Bertz CT molecular complexity index is 739. The molecule has 3 rings (SSSR count). The zero-order valence-corrected chi connectivity index (χ0v) is 13.0. The molecule has 1 aromatic heterocycles. The summed E-state index contributed by atoms with van der Waals surface area (Å²) >= 11 is 0. The van der Waals surface area contributed by atoms with Crippen molar-refractivity contribution in [2.75, 3.05) is 19.7 Å². The van der Waals surface area contributed by atoms with Gasteiger partial charge in [0.15, 0.2) is 0 Å². The highest BCUT2D eigenvalue weighted by Crippen LogP contribution is 2.25. The van der Waals surface area contributed by atoms with E-state index in [2.05, 4.69) is 4.98 Å². The number of hydrogen-bond acceptors (Lipinski definition) is 3. The van der Waals surface area contributed by atoms with E-state index in [1.807, 2.05) is 29.7 Å². The molecule has 1 aromatic carbocycles. The molecule has 0 saturated carbocycles. The molecule has 6 heteroatoms. The van der Waals surface area contributed by atoms with Gasteiger partial charge >= 0.3 is 11.8 Å². The number of fused-ring (bicyclic) bond motifs is 1. The molecule has 1 fully saturated rings. The molecule has 0 radical (unpaired) electrons. The SMILES string of the molecule is CCOC(=O)N1CCC(n2c(=O)[nH]c3ccc(C)cc32)CC1. The van der Waals surface area contributed by atoms with E-state index in [1.54, 1.807) is 11.8 Å². The highest BCUT2D eigenvalue weighted by molar-refractivity contribution is 5.76. The Morgan fingerprint density at radius 1 is 1.36 bits per heavy atom. The average molecular weight is 303 g/mol. The first-order chi connectivity index (χ1) is 10.6. The van der Waals surface area contributed by atoms with E-state index in [0.717, 1.165) is 29.4 Å². The van der Waals surface area contributed by atoms with Crippen LogP contribution in [0.15, 0.2) is 23.0 Å². The molecular formula is C16H21N3O3. The molecule has 118 valence electrons. The minimum absolute atomic E-state index is 0.0739. The number of benzene rings is 1. The van der Waals surface area contributed by atoms with E-state index in [0.29, 0.717) is 19.7 Å². The zero-order chi connectivity index (χ0) is 15.7. The standard InChI is InChI=1S/C16H21N3O3/c1-3-22-16(21)18-8-6-12(7-9-18)19-14-10-11(2)4-5-13(14)17-15(19)20/h4-5,10,12H,3,6-9H2,1-2H3,(H,17,20). The molecule has 0 aliphatic carbocycles. The second kappa shape index (κ2) is 5.87. The molecule has 0 unspecified atom stereocenters. The molecule has 1 aliphatic rings. The normalized spacial score (nSPS) is 16.2. The predicted molar refractivity (Wildman–Crippen MR) is 84.2 cm³/mol. The molecule has 1 N–H and O–H groups in total. The number of nitrogens with one attached hydrogen (secondary N) is 1. The van der Waals surface area contributed by atoms with E-state index in [9.17, 15) is 9.59 Å². The molecule has 1 aliphatic heterocycles. The molecule has 2 heterocycles. The third-order valence-electron chi connectivity index (χ3n) is 4.23. The van der Waals surface area contributed by atoms with Crippen molar-refractivity contribution in [3.63, 3.8) is 0 Å². The number of hydrogen-bond donors (Lipinski definition) is 1. The summed E-state index contributed by atoms with van der Waals surface area (Å²) in [6, 6.07) is 6.08. The van der Waals surface area contributed by atoms with Gasteiger partial charge in [0.25, 0.3) is 0 Å². The molecule has 0 bridgehead atoms. The number of ether oxygens (including phenoxy) is 1. The minimum atomic E-state index is -0.261. The smallest absolute Gasteiger partial charge is 0.409 e. The molecule has 22 heavy (non-hydrogen) atoms. The van der Waals surface area contributed by atoms with Gasteiger partial charge in [0.2, 0.25) is 0 Å². The van der Waals surface area contributed by atoms with Crippen LogP contribution >= 0.6 is 0 Å². The van der Waals surface area contributed by atoms with E-state index >= 15 is 0 Å². The highest BCUT2D eigenvalue weighted by atomic mass is 16.6. The monoisotopic (exact) mass is 303 g/mol. The van der Waals surface area contributed by atoms with Crippen LogP contribution in [0.25, 0.3) is 11.0 Å². The number of nitrogens with zero attached hydrogens (tertiary/aromatic N) is 2. The first kappa shape index (κ1) is 14.7. The zero-order valence-electron chi connectivity index (χ0n) is 13.0. The quantitative estimate of drug-likeness (QED) is 0.926. The molecule has 2 aromatic rings. The number of imidazole rings is 1. The van der Waals surface area contributed by atoms with Crippen LogP contribution in [0.4, 0.5) is 4.79 Å². The van der Waals surface area contributed by atoms with Gasteiger partial charge in [-0.25, -0.2) is 9.59 Å². The number of carbonyl (C=O) groups is 1. The third-order valence-corrected chi connectivity index (χ3v) is 4.23. The maximum atomic E-state index is 12.3. The van der Waals surface area contributed by atoms with Crippen molar-refractivity contribution in [1.82, 2.24) is 14.5 Å². The van der Waals surface area contributed by atoms with E-state index in [1.165, 1.54) is 0 Å². The molecule has 0 spiro atoms. The topological polar surface area (TPSA) is 67.3 Å². The maximum absolute atomic E-state index is 12.3. The van der Waals surface area contributed by atoms with E-state index < -0.39 is 0 Å². The lowest BCUT2D eigenvalue weighted by molar-refractivity contribution is 0.0928. The van der Waals surface area contributed by atoms with Crippen molar-refractivity contribution >= 4 is 17.1 Å². The minimum Gasteiger partial charge on any atom is -0.450 e. The van der Waals surface area contributed by atoms with Crippen molar-refractivity contribution in [1.29, 1.82) is 0 Å². The van der Waals surface area contributed by atoms with E-state index in [4.69, 9.17) is 4.74 Å². The van der Waals surface area contributed by atoms with Crippen molar-refractivity contribution in [3.8, 4) is 0 Å². The summed E-state index contributed by atoms with van der Waals surface area (Å²) in [5.41, 5.74) is 2.86. The van der Waals surface area contributed by atoms with Crippen LogP contribution in [0.2, 0.25) is 0 Å². The fourth-order valence-corrected chi connectivity index (χ4v) is 3.12. The number of aromatic nitrogens is 2. The number of carbonyl (C=O) groups excluding carboxylic acids is 1. The van der Waals surface area contributed by atoms with Crippen LogP contribution in [0.3, 0.4) is 0 Å². The molecular weight excluding hydrogens is 282 g/mol. The van der Waals surface area contributed by atoms with Crippen LogP contribution in [0.5, 0.6) is 0 Å². The average Bonchev–Trinajstić information content (AvgIpc) is 2.83. The number of aromatic amines is 1. The van der Waals surface area contributed by atoms with Crippen molar-refractivity contribution in [2.45, 2.75) is 32.7 Å². The number of likely N-dealkylation sites (tertiary alicyclic amines) is 1. The Hall–Kier alpha value is -2.24. The fourth-order valence-electron chi connectivity index (χ4n) is 3.12. The lowest BCUT2D eigenvalue weighted by atomic mass is 10.0. The highest BCUT2D eigenvalue weighted by Gasteiger charge is 2.26. The maximum Gasteiger partial charge on any atom is 0.409 e. The predicted octanol–water partition coefficient (Wildman–Crippen LogP) is 2.43. The fraction of sp³-hybridized carbons (Fsp3) is 0.500. The Morgan fingerprint density at radius 2 is 2.09 bits per heavy atom. The van der Waals surface area contributed by atoms with Crippen molar-refractivity contribution < 1.29 is 9.53 Å². The number of amides is 1. The lowest BCUT2D eigenvalue weighted by Gasteiger charge is -2.31. The van der Waals surface area contributed by atoms with E-state index in [-0.39, 0.29) is 17.8 Å². The third kappa shape index (κ3) is 2.61. The molecule has 1 saturated heterocycles. The number of piperidine rings is 1. The Balaban J connectivity index is 1.82. The van der Waals surface area contributed by atoms with Gasteiger partial charge in [-0.2, -0.15) is 0 Å². The van der Waals surface area contributed by atoms with Crippen molar-refractivity contribution in [2.24, 2.45) is 0 Å². The summed E-state index contributed by atoms with van der Waals surface area (Å²) in [5.74, 6) is 0. The summed E-state index contributed by atoms with van der Waals surface area (Å²) in [7, 11) is 0. The van der Waals surface area contributed by atoms with Gasteiger partial charge < -0.3 is 14.6 Å². The van der Waals surface area contributed by atoms with Gasteiger partial charge in [-0.05, 0) is 44.4 Å². The van der Waals surface area contributed by atoms with Crippen LogP contribution in [-0.4, -0.2) is 40.2 Å². The van der Waals surface area contributed by atoms with Crippen LogP contribution in [-0.2, 0) is 4.74 Å². The van der Waals surface area contributed by atoms with Crippen molar-refractivity contribution in [3.05, 3.63) is 34.2 Å². The number of H-pyrrole nitrogens is 1. The summed E-state index contributed by atoms with van der Waals surface area (Å²) in [6.07, 6.45) is 1.27. The number of rotatable bonds is 2. The Labute approximate surface area is 128 Å². The molecule has 0 atom stereocenters. The largest absolute Gasteiger partial charge is 0.450 e. The van der Waals surface area contributed by atoms with Gasteiger partial charge in [0, 0.05) is 19.1 Å². The molecule has 1 amide bonds. The van der Waals surface area contributed by atoms with Crippen LogP contribution in [0.1, 0.15) is 31.4 Å². The van der Waals surface area contributed by atoms with Gasteiger partial charge in [0.1, 0.15) is 0 Å². The van der Waals surface area contributed by atoms with Crippen LogP contribution < -0.4 is 5.69 Å². The second-order valence-corrected chi connectivity index (χ2v) is 5.74. The Kier molecular flexibility index (Phi) is 3.92. The molecule has 6 nitrogen and oxygen atoms in total. The summed E-state index contributed by atoms with van der Waals surface area (Å²) in [6.45, 7) is 5.45. The first-order valence-electron chi connectivity index (χ1n) is 7.72. The second-order valence-electron chi connectivity index (χ2n) is 5.74. The van der Waals surface area contributed by atoms with Gasteiger partial charge in [-0.15, -0.1) is 0 Å². The first-order valence-corrected chi connectivity index (χ1v) is 7.72. The Morgan fingerprint density at radius 3 is 2.77 bits per heavy atom. The number of aryl methyl sites for hydroxylation is 1. The summed E-state index contributed by atoms with van der Waals surface area (Å²) < 4.78 is 6.87. The van der Waals surface area contributed by atoms with Gasteiger partial charge in [0.05, 0.1) is 17.6 Å². The summed E-state index contributed by atoms with van der Waals surface area (Å²) in [4.78, 5) is 28.6. The van der Waals surface area contributed by atoms with Gasteiger partial charge in [-0.1, -0.05) is 6.07 Å². The van der Waals surface area contributed by atoms with Gasteiger partial charge in [-0.3, -0.25) is 4.57 Å². The van der Waals surface area contributed by atoms with Crippen LogP contribution in [0, 0.1) is 6.92 Å². The summed E-state index contributed by atoms with van der Waals surface area (Å²) in [5, 5.41) is 0. The lowest BCUT2D eigenvalue weighted by Crippen LogP contribution is -2.40.